The summed E-state index contributed by atoms with van der Waals surface area (Å²) in [6.07, 6.45) is 4.74. The lowest BCUT2D eigenvalue weighted by Gasteiger charge is -2.21. The van der Waals surface area contributed by atoms with E-state index in [1.54, 1.807) is 0 Å². The lowest BCUT2D eigenvalue weighted by Crippen LogP contribution is -2.23. The van der Waals surface area contributed by atoms with Crippen molar-refractivity contribution in [2.45, 2.75) is 17.7 Å². The van der Waals surface area contributed by atoms with Crippen molar-refractivity contribution in [1.82, 2.24) is 4.98 Å². The van der Waals surface area contributed by atoms with Crippen LogP contribution in [0.2, 0.25) is 5.02 Å². The second kappa shape index (κ2) is 4.20. The van der Waals surface area contributed by atoms with Gasteiger partial charge < -0.3 is 4.90 Å². The molecule has 1 fully saturated rings. The van der Waals surface area contributed by atoms with Crippen molar-refractivity contribution in [3.05, 3.63) is 17.4 Å². The summed E-state index contributed by atoms with van der Waals surface area (Å²) in [6, 6.07) is 0. The number of anilines is 1. The maximum atomic E-state index is 11.4. The van der Waals surface area contributed by atoms with Crippen LogP contribution in [-0.2, 0) is 10.0 Å². The van der Waals surface area contributed by atoms with Crippen LogP contribution in [-0.4, -0.2) is 26.5 Å². The van der Waals surface area contributed by atoms with E-state index >= 15 is 0 Å². The molecule has 0 spiro atoms. The highest BCUT2D eigenvalue weighted by Crippen LogP contribution is 2.33. The van der Waals surface area contributed by atoms with Gasteiger partial charge in [0.2, 0.25) is 10.0 Å². The number of aromatic nitrogens is 1. The highest BCUT2D eigenvalue weighted by molar-refractivity contribution is 7.89. The van der Waals surface area contributed by atoms with Gasteiger partial charge >= 0.3 is 0 Å². The predicted octanol–water partition coefficient (Wildman–Crippen LogP) is 0.983. The van der Waals surface area contributed by atoms with Gasteiger partial charge in [-0.05, 0) is 12.8 Å². The molecule has 1 aliphatic rings. The third kappa shape index (κ3) is 2.14. The Labute approximate surface area is 99.3 Å². The second-order valence-corrected chi connectivity index (χ2v) is 5.64. The molecule has 16 heavy (non-hydrogen) atoms. The van der Waals surface area contributed by atoms with Crippen molar-refractivity contribution in [3.63, 3.8) is 0 Å². The molecule has 1 aromatic rings. The minimum Gasteiger partial charge on any atom is -0.369 e. The number of rotatable bonds is 2. The maximum Gasteiger partial charge on any atom is 0.241 e. The van der Waals surface area contributed by atoms with E-state index < -0.39 is 10.0 Å². The van der Waals surface area contributed by atoms with Crippen molar-refractivity contribution in [2.75, 3.05) is 18.0 Å². The van der Waals surface area contributed by atoms with Gasteiger partial charge in [0.1, 0.15) is 4.90 Å². The summed E-state index contributed by atoms with van der Waals surface area (Å²) in [7, 11) is -3.78. The number of pyridine rings is 1. The molecule has 0 aromatic carbocycles. The molecule has 1 saturated heterocycles. The first kappa shape index (κ1) is 11.6. The molecule has 0 unspecified atom stereocenters. The summed E-state index contributed by atoms with van der Waals surface area (Å²) in [5, 5.41) is 5.47. The Hall–Kier alpha value is -0.850. The van der Waals surface area contributed by atoms with Crippen molar-refractivity contribution in [3.8, 4) is 0 Å². The molecule has 0 aliphatic carbocycles. The molecule has 7 heteroatoms. The number of halogens is 1. The highest BCUT2D eigenvalue weighted by Gasteiger charge is 2.24. The zero-order valence-electron chi connectivity index (χ0n) is 8.56. The molecule has 0 bridgehead atoms. The van der Waals surface area contributed by atoms with Crippen LogP contribution in [0.25, 0.3) is 0 Å². The number of hydrogen-bond donors (Lipinski definition) is 1. The van der Waals surface area contributed by atoms with Crippen molar-refractivity contribution < 1.29 is 8.42 Å². The minimum absolute atomic E-state index is 0.00176. The second-order valence-electron chi connectivity index (χ2n) is 3.71. The molecular weight excluding hydrogens is 250 g/mol. The average molecular weight is 262 g/mol. The molecule has 5 nitrogen and oxygen atoms in total. The Morgan fingerprint density at radius 3 is 2.50 bits per heavy atom. The number of primary sulfonamides is 1. The van der Waals surface area contributed by atoms with E-state index in [2.05, 4.69) is 4.98 Å². The fourth-order valence-corrected chi connectivity index (χ4v) is 2.92. The molecule has 1 aromatic heterocycles. The largest absolute Gasteiger partial charge is 0.369 e. The fourth-order valence-electron chi connectivity index (χ4n) is 1.87. The number of nitrogens with zero attached hydrogens (tertiary/aromatic N) is 2. The monoisotopic (exact) mass is 261 g/mol. The van der Waals surface area contributed by atoms with Gasteiger partial charge in [-0.2, -0.15) is 0 Å². The van der Waals surface area contributed by atoms with Crippen LogP contribution in [0, 0.1) is 0 Å². The predicted molar refractivity (Wildman–Crippen MR) is 62.1 cm³/mol. The quantitative estimate of drug-likeness (QED) is 0.861. The summed E-state index contributed by atoms with van der Waals surface area (Å²) < 4.78 is 22.8. The van der Waals surface area contributed by atoms with Crippen molar-refractivity contribution >= 4 is 27.3 Å². The Morgan fingerprint density at radius 1 is 1.31 bits per heavy atom. The van der Waals surface area contributed by atoms with Gasteiger partial charge in [0.25, 0.3) is 0 Å². The van der Waals surface area contributed by atoms with Crippen LogP contribution >= 0.6 is 11.6 Å². The summed E-state index contributed by atoms with van der Waals surface area (Å²) in [4.78, 5) is 5.70. The van der Waals surface area contributed by atoms with Crippen LogP contribution in [0.15, 0.2) is 17.3 Å². The summed E-state index contributed by atoms with van der Waals surface area (Å²) >= 11 is 5.99. The first-order chi connectivity index (χ1) is 7.50. The molecule has 2 N–H and O–H groups in total. The lowest BCUT2D eigenvalue weighted by molar-refractivity contribution is 0.597. The zero-order valence-corrected chi connectivity index (χ0v) is 10.1. The summed E-state index contributed by atoms with van der Waals surface area (Å²) in [5.74, 6) is 0. The van der Waals surface area contributed by atoms with Gasteiger partial charge in [-0.15, -0.1) is 0 Å². The van der Waals surface area contributed by atoms with E-state index in [9.17, 15) is 8.42 Å². The molecule has 1 aliphatic heterocycles. The van der Waals surface area contributed by atoms with E-state index in [4.69, 9.17) is 16.7 Å². The van der Waals surface area contributed by atoms with Crippen molar-refractivity contribution in [1.29, 1.82) is 0 Å². The van der Waals surface area contributed by atoms with Crippen LogP contribution < -0.4 is 10.0 Å². The topological polar surface area (TPSA) is 76.3 Å². The normalized spacial score (nSPS) is 16.8. The number of hydrogen-bond acceptors (Lipinski definition) is 4. The molecule has 0 radical (unpaired) electrons. The Balaban J connectivity index is 2.57. The Morgan fingerprint density at radius 2 is 1.94 bits per heavy atom. The third-order valence-corrected chi connectivity index (χ3v) is 3.76. The number of sulfonamides is 1. The average Bonchev–Trinajstić information content (AvgIpc) is 2.68. The lowest BCUT2D eigenvalue weighted by atomic mass is 10.3. The minimum atomic E-state index is -3.78. The van der Waals surface area contributed by atoms with Gasteiger partial charge in [-0.25, -0.2) is 13.6 Å². The van der Waals surface area contributed by atoms with E-state index in [-0.39, 0.29) is 4.90 Å². The zero-order chi connectivity index (χ0) is 11.8. The van der Waals surface area contributed by atoms with Gasteiger partial charge in [-0.1, -0.05) is 11.6 Å². The standard InChI is InChI=1S/C9H12ClN3O2S/c10-7-5-12-6-8(16(11,14)15)9(7)13-3-1-2-4-13/h5-6H,1-4H2,(H2,11,14,15). The van der Waals surface area contributed by atoms with Gasteiger partial charge in [0.15, 0.2) is 0 Å². The highest BCUT2D eigenvalue weighted by atomic mass is 35.5. The first-order valence-electron chi connectivity index (χ1n) is 4.91. The SMILES string of the molecule is NS(=O)(=O)c1cncc(Cl)c1N1CCCC1. The van der Waals surface area contributed by atoms with Crippen LogP contribution in [0.4, 0.5) is 5.69 Å². The van der Waals surface area contributed by atoms with Crippen LogP contribution in [0.5, 0.6) is 0 Å². The van der Waals surface area contributed by atoms with Crippen LogP contribution in [0.3, 0.4) is 0 Å². The maximum absolute atomic E-state index is 11.4. The molecule has 2 heterocycles. The molecule has 0 atom stereocenters. The summed E-state index contributed by atoms with van der Waals surface area (Å²) in [6.45, 7) is 1.60. The molecular formula is C9H12ClN3O2S. The van der Waals surface area contributed by atoms with Gasteiger partial charge in [0.05, 0.1) is 10.7 Å². The van der Waals surface area contributed by atoms with E-state index in [0.29, 0.717) is 10.7 Å². The van der Waals surface area contributed by atoms with Crippen molar-refractivity contribution in [2.24, 2.45) is 5.14 Å². The Bertz CT molecular complexity index is 497. The molecule has 0 amide bonds. The Kier molecular flexibility index (Phi) is 3.05. The molecule has 88 valence electrons. The smallest absolute Gasteiger partial charge is 0.241 e. The molecule has 2 rings (SSSR count). The molecule has 0 saturated carbocycles. The van der Waals surface area contributed by atoms with Gasteiger partial charge in [0, 0.05) is 25.5 Å². The first-order valence-corrected chi connectivity index (χ1v) is 6.84. The van der Waals surface area contributed by atoms with E-state index in [0.717, 1.165) is 25.9 Å². The number of nitrogens with two attached hydrogens (primary N) is 1. The summed E-state index contributed by atoms with van der Waals surface area (Å²) in [5.41, 5.74) is 0.483. The van der Waals surface area contributed by atoms with Crippen LogP contribution in [0.1, 0.15) is 12.8 Å². The fraction of sp³-hybridized carbons (Fsp3) is 0.444. The third-order valence-electron chi connectivity index (χ3n) is 2.57. The van der Waals surface area contributed by atoms with E-state index in [1.165, 1.54) is 12.4 Å². The van der Waals surface area contributed by atoms with E-state index in [1.807, 2.05) is 4.90 Å². The van der Waals surface area contributed by atoms with Gasteiger partial charge in [-0.3, -0.25) is 4.98 Å².